The minimum Gasteiger partial charge on any atom is -0.0654 e. The molecular formula is C14H26. The van der Waals surface area contributed by atoms with Gasteiger partial charge in [-0.15, -0.1) is 0 Å². The van der Waals surface area contributed by atoms with Crippen LogP contribution in [0.1, 0.15) is 65.2 Å². The molecule has 2 aliphatic rings. The van der Waals surface area contributed by atoms with E-state index < -0.39 is 0 Å². The Bertz CT molecular complexity index is 173. The second kappa shape index (κ2) is 4.68. The van der Waals surface area contributed by atoms with E-state index in [9.17, 15) is 0 Å². The van der Waals surface area contributed by atoms with E-state index in [1.54, 1.807) is 25.7 Å². The van der Waals surface area contributed by atoms with Crippen molar-refractivity contribution >= 4 is 0 Å². The van der Waals surface area contributed by atoms with E-state index in [4.69, 9.17) is 0 Å². The van der Waals surface area contributed by atoms with Crippen LogP contribution in [0, 0.1) is 23.7 Å². The number of hydrogen-bond donors (Lipinski definition) is 0. The van der Waals surface area contributed by atoms with Crippen LogP contribution in [0.15, 0.2) is 0 Å². The van der Waals surface area contributed by atoms with Gasteiger partial charge in [-0.25, -0.2) is 0 Å². The molecule has 0 aromatic heterocycles. The molecule has 4 atom stereocenters. The molecule has 2 fully saturated rings. The molecule has 0 aliphatic heterocycles. The van der Waals surface area contributed by atoms with Gasteiger partial charge in [-0.1, -0.05) is 46.0 Å². The largest absolute Gasteiger partial charge is 0.0654 e. The van der Waals surface area contributed by atoms with Gasteiger partial charge < -0.3 is 0 Å². The van der Waals surface area contributed by atoms with Crippen LogP contribution in [-0.4, -0.2) is 0 Å². The highest BCUT2D eigenvalue weighted by Gasteiger charge is 2.39. The minimum atomic E-state index is 1.01. The van der Waals surface area contributed by atoms with Gasteiger partial charge in [0.2, 0.25) is 0 Å². The van der Waals surface area contributed by atoms with Crippen LogP contribution in [0.4, 0.5) is 0 Å². The van der Waals surface area contributed by atoms with Gasteiger partial charge in [-0.3, -0.25) is 0 Å². The molecule has 0 saturated heterocycles. The Morgan fingerprint density at radius 2 is 1.86 bits per heavy atom. The lowest BCUT2D eigenvalue weighted by Crippen LogP contribution is -2.23. The molecule has 0 N–H and O–H groups in total. The SMILES string of the molecule is CCCC(C)C1CCC2CCCCC21. The second-order valence-electron chi connectivity index (χ2n) is 5.72. The minimum absolute atomic E-state index is 1.01. The summed E-state index contributed by atoms with van der Waals surface area (Å²) in [5, 5.41) is 0. The molecule has 4 unspecified atom stereocenters. The monoisotopic (exact) mass is 194 g/mol. The quantitative estimate of drug-likeness (QED) is 0.614. The molecule has 0 aromatic rings. The normalized spacial score (nSPS) is 39.4. The third kappa shape index (κ3) is 1.99. The molecule has 2 aliphatic carbocycles. The van der Waals surface area contributed by atoms with Crippen molar-refractivity contribution < 1.29 is 0 Å². The standard InChI is InChI=1S/C14H26/c1-3-6-11(2)13-10-9-12-7-4-5-8-14(12)13/h11-14H,3-10H2,1-2H3. The summed E-state index contributed by atoms with van der Waals surface area (Å²) in [5.41, 5.74) is 0. The molecule has 0 spiro atoms. The first kappa shape index (κ1) is 10.5. The highest BCUT2D eigenvalue weighted by Crippen LogP contribution is 2.49. The van der Waals surface area contributed by atoms with E-state index >= 15 is 0 Å². The van der Waals surface area contributed by atoms with E-state index in [-0.39, 0.29) is 0 Å². The summed E-state index contributed by atoms with van der Waals surface area (Å²) in [6.45, 7) is 4.84. The zero-order chi connectivity index (χ0) is 9.97. The lowest BCUT2D eigenvalue weighted by Gasteiger charge is -2.32. The number of fused-ring (bicyclic) bond motifs is 1. The molecule has 0 radical (unpaired) electrons. The highest BCUT2D eigenvalue weighted by atomic mass is 14.4. The predicted octanol–water partition coefficient (Wildman–Crippen LogP) is 4.64. The van der Waals surface area contributed by atoms with Crippen molar-refractivity contribution in [3.8, 4) is 0 Å². The molecule has 0 heteroatoms. The Kier molecular flexibility index (Phi) is 3.52. The van der Waals surface area contributed by atoms with Crippen molar-refractivity contribution in [2.45, 2.75) is 65.2 Å². The van der Waals surface area contributed by atoms with Crippen molar-refractivity contribution in [3.63, 3.8) is 0 Å². The summed E-state index contributed by atoms with van der Waals surface area (Å²) in [6, 6.07) is 0. The lowest BCUT2D eigenvalue weighted by atomic mass is 9.73. The van der Waals surface area contributed by atoms with Gasteiger partial charge in [0.1, 0.15) is 0 Å². The van der Waals surface area contributed by atoms with Crippen molar-refractivity contribution in [3.05, 3.63) is 0 Å². The molecule has 0 amide bonds. The molecule has 0 heterocycles. The third-order valence-corrected chi connectivity index (χ3v) is 4.86. The molecule has 0 nitrogen and oxygen atoms in total. The smallest absolute Gasteiger partial charge is 0.0355 e. The van der Waals surface area contributed by atoms with Crippen LogP contribution in [0.25, 0.3) is 0 Å². The van der Waals surface area contributed by atoms with Gasteiger partial charge in [0.15, 0.2) is 0 Å². The average molecular weight is 194 g/mol. The summed E-state index contributed by atoms with van der Waals surface area (Å²) < 4.78 is 0. The van der Waals surface area contributed by atoms with Crippen molar-refractivity contribution in [1.82, 2.24) is 0 Å². The Labute approximate surface area is 89.5 Å². The topological polar surface area (TPSA) is 0 Å². The summed E-state index contributed by atoms with van der Waals surface area (Å²) in [5.74, 6) is 4.37. The van der Waals surface area contributed by atoms with E-state index in [1.807, 2.05) is 0 Å². The summed E-state index contributed by atoms with van der Waals surface area (Å²) in [6.07, 6.45) is 12.1. The predicted molar refractivity (Wildman–Crippen MR) is 62.2 cm³/mol. The Balaban J connectivity index is 1.93. The summed E-state index contributed by atoms with van der Waals surface area (Å²) in [4.78, 5) is 0. The molecule has 14 heavy (non-hydrogen) atoms. The van der Waals surface area contributed by atoms with Crippen molar-refractivity contribution in [2.75, 3.05) is 0 Å². The summed E-state index contributed by atoms with van der Waals surface area (Å²) >= 11 is 0. The maximum atomic E-state index is 2.51. The van der Waals surface area contributed by atoms with Crippen LogP contribution in [0.2, 0.25) is 0 Å². The zero-order valence-corrected chi connectivity index (χ0v) is 9.97. The molecular weight excluding hydrogens is 168 g/mol. The molecule has 0 bridgehead atoms. The second-order valence-corrected chi connectivity index (χ2v) is 5.72. The third-order valence-electron chi connectivity index (χ3n) is 4.86. The van der Waals surface area contributed by atoms with E-state index in [0.29, 0.717) is 0 Å². The van der Waals surface area contributed by atoms with Gasteiger partial charge >= 0.3 is 0 Å². The van der Waals surface area contributed by atoms with Gasteiger partial charge in [0.25, 0.3) is 0 Å². The Hall–Kier alpha value is 0. The van der Waals surface area contributed by atoms with Gasteiger partial charge in [-0.05, 0) is 42.9 Å². The fraction of sp³-hybridized carbons (Fsp3) is 1.00. The first-order valence-electron chi connectivity index (χ1n) is 6.83. The van der Waals surface area contributed by atoms with Crippen molar-refractivity contribution in [2.24, 2.45) is 23.7 Å². The van der Waals surface area contributed by atoms with Crippen molar-refractivity contribution in [1.29, 1.82) is 0 Å². The van der Waals surface area contributed by atoms with E-state index in [0.717, 1.165) is 23.7 Å². The first-order valence-corrected chi connectivity index (χ1v) is 6.83. The average Bonchev–Trinajstić information content (AvgIpc) is 2.61. The molecule has 2 saturated carbocycles. The zero-order valence-electron chi connectivity index (χ0n) is 9.97. The maximum Gasteiger partial charge on any atom is -0.0355 e. The Morgan fingerprint density at radius 3 is 2.64 bits per heavy atom. The number of rotatable bonds is 3. The highest BCUT2D eigenvalue weighted by molar-refractivity contribution is 4.89. The van der Waals surface area contributed by atoms with Gasteiger partial charge in [-0.2, -0.15) is 0 Å². The first-order chi connectivity index (χ1) is 6.83. The van der Waals surface area contributed by atoms with Crippen LogP contribution < -0.4 is 0 Å². The van der Waals surface area contributed by atoms with E-state index in [2.05, 4.69) is 13.8 Å². The number of hydrogen-bond acceptors (Lipinski definition) is 0. The van der Waals surface area contributed by atoms with Crippen LogP contribution in [0.5, 0.6) is 0 Å². The molecule has 82 valence electrons. The fourth-order valence-corrected chi connectivity index (χ4v) is 4.15. The van der Waals surface area contributed by atoms with Crippen LogP contribution >= 0.6 is 0 Å². The summed E-state index contributed by atoms with van der Waals surface area (Å²) in [7, 11) is 0. The van der Waals surface area contributed by atoms with E-state index in [1.165, 1.54) is 25.7 Å². The van der Waals surface area contributed by atoms with Gasteiger partial charge in [0.05, 0.1) is 0 Å². The Morgan fingerprint density at radius 1 is 1.07 bits per heavy atom. The molecule has 2 rings (SSSR count). The van der Waals surface area contributed by atoms with Crippen LogP contribution in [0.3, 0.4) is 0 Å². The van der Waals surface area contributed by atoms with Crippen LogP contribution in [-0.2, 0) is 0 Å². The lowest BCUT2D eigenvalue weighted by molar-refractivity contribution is 0.180. The maximum absolute atomic E-state index is 2.51. The molecule has 0 aromatic carbocycles. The fourth-order valence-electron chi connectivity index (χ4n) is 4.15. The van der Waals surface area contributed by atoms with Gasteiger partial charge in [0, 0.05) is 0 Å².